The van der Waals surface area contributed by atoms with Gasteiger partial charge in [0.1, 0.15) is 0 Å². The minimum atomic E-state index is -0.430. The Kier molecular flexibility index (Phi) is 5.11. The first kappa shape index (κ1) is 18.2. The fourth-order valence-electron chi connectivity index (χ4n) is 2.62. The number of pyridine rings is 1. The Balaban J connectivity index is 2.05. The standard InChI is InChI=1S/C19H15Cl2N3O2/c1-11(25)24(2)16-9-10-22-18-12(16)5-3-8-15(18)23-19(26)17-13(20)6-4-7-14(17)21/h3-10H,1-2H3,(H,23,26). The molecule has 7 heteroatoms. The highest BCUT2D eigenvalue weighted by molar-refractivity contribution is 6.40. The van der Waals surface area contributed by atoms with E-state index in [9.17, 15) is 9.59 Å². The molecule has 0 aliphatic rings. The summed E-state index contributed by atoms with van der Waals surface area (Å²) in [5.41, 5.74) is 1.97. The molecule has 0 aliphatic carbocycles. The van der Waals surface area contributed by atoms with Gasteiger partial charge < -0.3 is 10.2 Å². The first-order valence-corrected chi connectivity index (χ1v) is 8.53. The third kappa shape index (κ3) is 3.36. The van der Waals surface area contributed by atoms with Crippen LogP contribution in [0, 0.1) is 0 Å². The molecule has 0 saturated heterocycles. The molecule has 1 heterocycles. The molecule has 3 rings (SSSR count). The second kappa shape index (κ2) is 7.32. The minimum absolute atomic E-state index is 0.102. The minimum Gasteiger partial charge on any atom is -0.320 e. The summed E-state index contributed by atoms with van der Waals surface area (Å²) < 4.78 is 0. The van der Waals surface area contributed by atoms with Gasteiger partial charge in [0.25, 0.3) is 5.91 Å². The number of rotatable bonds is 3. The lowest BCUT2D eigenvalue weighted by molar-refractivity contribution is -0.116. The summed E-state index contributed by atoms with van der Waals surface area (Å²) in [4.78, 5) is 30.3. The molecule has 0 bridgehead atoms. The number of halogens is 2. The summed E-state index contributed by atoms with van der Waals surface area (Å²) in [6.45, 7) is 1.48. The first-order chi connectivity index (χ1) is 12.4. The lowest BCUT2D eigenvalue weighted by Gasteiger charge is -2.18. The highest BCUT2D eigenvalue weighted by Gasteiger charge is 2.17. The molecule has 0 aliphatic heterocycles. The van der Waals surface area contributed by atoms with Crippen molar-refractivity contribution in [2.75, 3.05) is 17.3 Å². The quantitative estimate of drug-likeness (QED) is 0.703. The lowest BCUT2D eigenvalue weighted by atomic mass is 10.1. The maximum Gasteiger partial charge on any atom is 0.258 e. The Labute approximate surface area is 160 Å². The number of carbonyl (C=O) groups is 2. The van der Waals surface area contributed by atoms with Crippen LogP contribution in [0.15, 0.2) is 48.7 Å². The number of nitrogens with zero attached hydrogens (tertiary/aromatic N) is 2. The number of para-hydroxylation sites is 1. The zero-order chi connectivity index (χ0) is 18.8. The van der Waals surface area contributed by atoms with Crippen LogP contribution in [0.25, 0.3) is 10.9 Å². The number of benzene rings is 2. The van der Waals surface area contributed by atoms with Crippen molar-refractivity contribution in [3.8, 4) is 0 Å². The highest BCUT2D eigenvalue weighted by Crippen LogP contribution is 2.31. The molecule has 26 heavy (non-hydrogen) atoms. The van der Waals surface area contributed by atoms with Crippen LogP contribution < -0.4 is 10.2 Å². The first-order valence-electron chi connectivity index (χ1n) is 7.77. The highest BCUT2D eigenvalue weighted by atomic mass is 35.5. The van der Waals surface area contributed by atoms with Gasteiger partial charge in [0.2, 0.25) is 5.91 Å². The van der Waals surface area contributed by atoms with Gasteiger partial charge in [-0.3, -0.25) is 14.6 Å². The number of anilines is 2. The molecular weight excluding hydrogens is 373 g/mol. The third-order valence-electron chi connectivity index (χ3n) is 4.02. The fourth-order valence-corrected chi connectivity index (χ4v) is 3.19. The van der Waals surface area contributed by atoms with E-state index in [0.717, 1.165) is 5.39 Å². The van der Waals surface area contributed by atoms with Crippen LogP contribution in [0.4, 0.5) is 11.4 Å². The molecule has 5 nitrogen and oxygen atoms in total. The maximum absolute atomic E-state index is 12.7. The predicted molar refractivity (Wildman–Crippen MR) is 105 cm³/mol. The van der Waals surface area contributed by atoms with Crippen LogP contribution in [0.1, 0.15) is 17.3 Å². The van der Waals surface area contributed by atoms with Crippen LogP contribution >= 0.6 is 23.2 Å². The topological polar surface area (TPSA) is 62.3 Å². The van der Waals surface area contributed by atoms with Gasteiger partial charge in [0.05, 0.1) is 32.5 Å². The largest absolute Gasteiger partial charge is 0.320 e. The Morgan fingerprint density at radius 3 is 2.35 bits per heavy atom. The van der Waals surface area contributed by atoms with Gasteiger partial charge in [-0.25, -0.2) is 0 Å². The maximum atomic E-state index is 12.7. The number of hydrogen-bond donors (Lipinski definition) is 1. The van der Waals surface area contributed by atoms with E-state index in [0.29, 0.717) is 16.9 Å². The molecule has 0 fully saturated rings. The Bertz CT molecular complexity index is 1000. The molecule has 0 spiro atoms. The van der Waals surface area contributed by atoms with Gasteiger partial charge >= 0.3 is 0 Å². The number of carbonyl (C=O) groups excluding carboxylic acids is 2. The van der Waals surface area contributed by atoms with Gasteiger partial charge in [0, 0.05) is 25.6 Å². The van der Waals surface area contributed by atoms with Gasteiger partial charge in [-0.2, -0.15) is 0 Å². The summed E-state index contributed by atoms with van der Waals surface area (Å²) in [5, 5.41) is 4.08. The van der Waals surface area contributed by atoms with E-state index >= 15 is 0 Å². The van der Waals surface area contributed by atoms with E-state index in [1.807, 2.05) is 6.07 Å². The van der Waals surface area contributed by atoms with Crippen molar-refractivity contribution in [2.24, 2.45) is 0 Å². The molecule has 3 aromatic rings. The molecular formula is C19H15Cl2N3O2. The zero-order valence-electron chi connectivity index (χ0n) is 14.1. The van der Waals surface area contributed by atoms with Gasteiger partial charge in [0.15, 0.2) is 0 Å². The number of hydrogen-bond acceptors (Lipinski definition) is 3. The fraction of sp³-hybridized carbons (Fsp3) is 0.105. The van der Waals surface area contributed by atoms with Crippen molar-refractivity contribution in [3.63, 3.8) is 0 Å². The molecule has 2 aromatic carbocycles. The normalized spacial score (nSPS) is 10.6. The molecule has 2 amide bonds. The van der Waals surface area contributed by atoms with Crippen LogP contribution in [-0.4, -0.2) is 23.8 Å². The van der Waals surface area contributed by atoms with E-state index in [2.05, 4.69) is 10.3 Å². The van der Waals surface area contributed by atoms with E-state index in [4.69, 9.17) is 23.2 Å². The number of aromatic nitrogens is 1. The molecule has 0 saturated carbocycles. The van der Waals surface area contributed by atoms with Crippen molar-refractivity contribution in [3.05, 3.63) is 64.3 Å². The SMILES string of the molecule is CC(=O)N(C)c1ccnc2c(NC(=O)c3c(Cl)cccc3Cl)cccc12. The van der Waals surface area contributed by atoms with Crippen LogP contribution in [0.5, 0.6) is 0 Å². The van der Waals surface area contributed by atoms with Crippen LogP contribution in [0.3, 0.4) is 0 Å². The van der Waals surface area contributed by atoms with Crippen molar-refractivity contribution in [2.45, 2.75) is 6.92 Å². The smallest absolute Gasteiger partial charge is 0.258 e. The van der Waals surface area contributed by atoms with Crippen molar-refractivity contribution >= 4 is 57.3 Å². The van der Waals surface area contributed by atoms with Gasteiger partial charge in [-0.15, -0.1) is 0 Å². The van der Waals surface area contributed by atoms with Crippen molar-refractivity contribution in [1.82, 2.24) is 4.98 Å². The summed E-state index contributed by atoms with van der Waals surface area (Å²) in [5.74, 6) is -0.532. The van der Waals surface area contributed by atoms with Crippen LogP contribution in [0.2, 0.25) is 10.0 Å². The Hall–Kier alpha value is -2.63. The molecule has 132 valence electrons. The summed E-state index contributed by atoms with van der Waals surface area (Å²) in [7, 11) is 1.69. The monoisotopic (exact) mass is 387 g/mol. The Morgan fingerprint density at radius 2 is 1.69 bits per heavy atom. The zero-order valence-corrected chi connectivity index (χ0v) is 15.6. The van der Waals surface area contributed by atoms with Crippen LogP contribution in [-0.2, 0) is 4.79 Å². The second-order valence-corrected chi connectivity index (χ2v) is 6.48. The van der Waals surface area contributed by atoms with E-state index in [1.165, 1.54) is 11.8 Å². The molecule has 1 N–H and O–H groups in total. The number of amides is 2. The molecule has 1 aromatic heterocycles. The van der Waals surface area contributed by atoms with Crippen molar-refractivity contribution in [1.29, 1.82) is 0 Å². The van der Waals surface area contributed by atoms with E-state index < -0.39 is 5.91 Å². The van der Waals surface area contributed by atoms with Crippen molar-refractivity contribution < 1.29 is 9.59 Å². The number of nitrogens with one attached hydrogen (secondary N) is 1. The average Bonchev–Trinajstić information content (AvgIpc) is 2.60. The third-order valence-corrected chi connectivity index (χ3v) is 4.65. The van der Waals surface area contributed by atoms with Gasteiger partial charge in [-0.05, 0) is 24.3 Å². The number of fused-ring (bicyclic) bond motifs is 1. The second-order valence-electron chi connectivity index (χ2n) is 5.66. The lowest BCUT2D eigenvalue weighted by Crippen LogP contribution is -2.23. The summed E-state index contributed by atoms with van der Waals surface area (Å²) in [6, 6.07) is 12.0. The Morgan fingerprint density at radius 1 is 1.04 bits per heavy atom. The molecule has 0 unspecified atom stereocenters. The summed E-state index contributed by atoms with van der Waals surface area (Å²) >= 11 is 12.2. The van der Waals surface area contributed by atoms with E-state index in [1.54, 1.807) is 49.6 Å². The molecule has 0 atom stereocenters. The summed E-state index contributed by atoms with van der Waals surface area (Å²) in [6.07, 6.45) is 1.59. The molecule has 0 radical (unpaired) electrons. The van der Waals surface area contributed by atoms with E-state index in [-0.39, 0.29) is 21.5 Å². The van der Waals surface area contributed by atoms with Gasteiger partial charge in [-0.1, -0.05) is 41.4 Å². The predicted octanol–water partition coefficient (Wildman–Crippen LogP) is 4.78. The average molecular weight is 388 g/mol.